The Morgan fingerprint density at radius 1 is 1.33 bits per heavy atom. The maximum atomic E-state index is 11.6. The van der Waals surface area contributed by atoms with E-state index in [-0.39, 0.29) is 11.7 Å². The van der Waals surface area contributed by atoms with E-state index in [0.717, 1.165) is 6.42 Å². The van der Waals surface area contributed by atoms with E-state index in [4.69, 9.17) is 9.84 Å². The predicted molar refractivity (Wildman–Crippen MR) is 79.4 cm³/mol. The number of carbonyl (C=O) groups excluding carboxylic acids is 1. The highest BCUT2D eigenvalue weighted by Gasteiger charge is 2.09. The third-order valence-corrected chi connectivity index (χ3v) is 3.29. The number of aromatic carboxylic acids is 1. The molecule has 1 aromatic carbocycles. The highest BCUT2D eigenvalue weighted by molar-refractivity contribution is 7.14. The van der Waals surface area contributed by atoms with Gasteiger partial charge in [-0.25, -0.2) is 14.6 Å². The molecule has 2 rings (SSSR count). The fraction of sp³-hybridized carbons (Fsp3) is 0.214. The van der Waals surface area contributed by atoms with Crippen LogP contribution in [-0.4, -0.2) is 28.6 Å². The van der Waals surface area contributed by atoms with E-state index >= 15 is 0 Å². The molecule has 0 unspecified atom stereocenters. The second-order valence-corrected chi connectivity index (χ2v) is 5.04. The van der Waals surface area contributed by atoms with Gasteiger partial charge >= 0.3 is 11.9 Å². The fourth-order valence-electron chi connectivity index (χ4n) is 1.52. The van der Waals surface area contributed by atoms with Crippen molar-refractivity contribution in [3.63, 3.8) is 0 Å². The summed E-state index contributed by atoms with van der Waals surface area (Å²) in [4.78, 5) is 26.3. The van der Waals surface area contributed by atoms with Gasteiger partial charge in [0.05, 0.1) is 12.2 Å². The zero-order valence-electron chi connectivity index (χ0n) is 11.3. The first kappa shape index (κ1) is 15.0. The molecule has 2 N–H and O–H groups in total. The Kier molecular flexibility index (Phi) is 4.89. The molecule has 0 aliphatic heterocycles. The number of esters is 1. The summed E-state index contributed by atoms with van der Waals surface area (Å²) in [6, 6.07) is 6.72. The number of thiazole rings is 1. The lowest BCUT2D eigenvalue weighted by Gasteiger charge is -2.05. The second kappa shape index (κ2) is 6.85. The van der Waals surface area contributed by atoms with Crippen LogP contribution in [0.2, 0.25) is 0 Å². The number of aromatic nitrogens is 1. The normalized spacial score (nSPS) is 10.1. The van der Waals surface area contributed by atoms with Crippen molar-refractivity contribution < 1.29 is 19.4 Å². The Labute approximate surface area is 125 Å². The van der Waals surface area contributed by atoms with Crippen LogP contribution in [0.5, 0.6) is 0 Å². The number of benzene rings is 1. The molecule has 1 heterocycles. The van der Waals surface area contributed by atoms with E-state index in [0.29, 0.717) is 23.0 Å². The van der Waals surface area contributed by atoms with Gasteiger partial charge in [0, 0.05) is 11.1 Å². The van der Waals surface area contributed by atoms with Gasteiger partial charge in [-0.1, -0.05) is 6.92 Å². The Bertz CT molecular complexity index is 637. The lowest BCUT2D eigenvalue weighted by atomic mass is 10.2. The van der Waals surface area contributed by atoms with Crippen LogP contribution >= 0.6 is 11.3 Å². The summed E-state index contributed by atoms with van der Waals surface area (Å²) in [5.41, 5.74) is 1.19. The minimum Gasteiger partial charge on any atom is -0.476 e. The van der Waals surface area contributed by atoms with E-state index in [1.165, 1.54) is 16.7 Å². The quantitative estimate of drug-likeness (QED) is 0.797. The van der Waals surface area contributed by atoms with Gasteiger partial charge in [-0.15, -0.1) is 11.3 Å². The number of hydrogen-bond donors (Lipinski definition) is 2. The molecule has 6 nitrogen and oxygen atoms in total. The van der Waals surface area contributed by atoms with E-state index in [2.05, 4.69) is 10.3 Å². The number of nitrogens with zero attached hydrogens (tertiary/aromatic N) is 1. The van der Waals surface area contributed by atoms with E-state index in [1.807, 2.05) is 6.92 Å². The summed E-state index contributed by atoms with van der Waals surface area (Å²) >= 11 is 1.20. The minimum atomic E-state index is -1.06. The van der Waals surface area contributed by atoms with Crippen molar-refractivity contribution in [2.75, 3.05) is 11.9 Å². The summed E-state index contributed by atoms with van der Waals surface area (Å²) < 4.78 is 5.03. The molecule has 0 saturated heterocycles. The predicted octanol–water partition coefficient (Wildman–Crippen LogP) is 3.15. The number of hydrogen-bond acceptors (Lipinski definition) is 6. The molecule has 0 radical (unpaired) electrons. The molecule has 0 aliphatic rings. The van der Waals surface area contributed by atoms with E-state index in [1.54, 1.807) is 24.3 Å². The van der Waals surface area contributed by atoms with Gasteiger partial charge in [0.1, 0.15) is 0 Å². The Morgan fingerprint density at radius 2 is 2.05 bits per heavy atom. The Balaban J connectivity index is 2.01. The third kappa shape index (κ3) is 4.03. The molecule has 0 spiro atoms. The van der Waals surface area contributed by atoms with Crippen LogP contribution in [0.25, 0.3) is 0 Å². The van der Waals surface area contributed by atoms with E-state index in [9.17, 15) is 9.59 Å². The number of carbonyl (C=O) groups is 2. The van der Waals surface area contributed by atoms with Crippen LogP contribution in [0.4, 0.5) is 10.8 Å². The molecule has 21 heavy (non-hydrogen) atoms. The zero-order valence-corrected chi connectivity index (χ0v) is 12.1. The van der Waals surface area contributed by atoms with Crippen molar-refractivity contribution in [1.82, 2.24) is 4.98 Å². The van der Waals surface area contributed by atoms with E-state index < -0.39 is 5.97 Å². The third-order valence-electron chi connectivity index (χ3n) is 2.53. The maximum absolute atomic E-state index is 11.6. The van der Waals surface area contributed by atoms with Crippen LogP contribution in [0.15, 0.2) is 29.6 Å². The van der Waals surface area contributed by atoms with Crippen molar-refractivity contribution >= 4 is 34.1 Å². The first-order valence-electron chi connectivity index (χ1n) is 6.33. The molecule has 2 aromatic rings. The van der Waals surface area contributed by atoms with Crippen molar-refractivity contribution in [2.45, 2.75) is 13.3 Å². The number of rotatable bonds is 6. The average Bonchev–Trinajstić information content (AvgIpc) is 2.94. The Morgan fingerprint density at radius 3 is 2.62 bits per heavy atom. The zero-order chi connectivity index (χ0) is 15.2. The molecule has 0 bridgehead atoms. The molecular weight excluding hydrogens is 292 g/mol. The van der Waals surface area contributed by atoms with Crippen LogP contribution in [-0.2, 0) is 4.74 Å². The highest BCUT2D eigenvalue weighted by Crippen LogP contribution is 2.21. The number of anilines is 2. The van der Waals surface area contributed by atoms with Crippen molar-refractivity contribution in [1.29, 1.82) is 0 Å². The monoisotopic (exact) mass is 306 g/mol. The lowest BCUT2D eigenvalue weighted by molar-refractivity contribution is 0.0504. The molecule has 0 aliphatic carbocycles. The number of nitrogens with one attached hydrogen (secondary N) is 1. The van der Waals surface area contributed by atoms with Gasteiger partial charge in [0.2, 0.25) is 0 Å². The van der Waals surface area contributed by atoms with Crippen LogP contribution in [0, 0.1) is 0 Å². The van der Waals surface area contributed by atoms with Crippen LogP contribution < -0.4 is 5.32 Å². The summed E-state index contributed by atoms with van der Waals surface area (Å²) in [5, 5.41) is 13.7. The van der Waals surface area contributed by atoms with Gasteiger partial charge in [-0.05, 0) is 30.7 Å². The largest absolute Gasteiger partial charge is 0.476 e. The average molecular weight is 306 g/mol. The highest BCUT2D eigenvalue weighted by atomic mass is 32.1. The van der Waals surface area contributed by atoms with Gasteiger partial charge < -0.3 is 15.2 Å². The fourth-order valence-corrected chi connectivity index (χ4v) is 2.23. The molecule has 7 heteroatoms. The van der Waals surface area contributed by atoms with Gasteiger partial charge in [-0.2, -0.15) is 0 Å². The lowest BCUT2D eigenvalue weighted by Crippen LogP contribution is -2.05. The molecule has 0 atom stereocenters. The number of ether oxygens (including phenoxy) is 1. The molecule has 0 fully saturated rings. The van der Waals surface area contributed by atoms with Crippen molar-refractivity contribution in [3.05, 3.63) is 40.9 Å². The molecular formula is C14H14N2O4S. The summed E-state index contributed by atoms with van der Waals surface area (Å²) in [6.07, 6.45) is 0.779. The molecule has 0 amide bonds. The SMILES string of the molecule is CCCOC(=O)c1ccc(Nc2nc(C(=O)O)cs2)cc1. The topological polar surface area (TPSA) is 88.5 Å². The summed E-state index contributed by atoms with van der Waals surface area (Å²) in [5.74, 6) is -1.42. The molecule has 0 saturated carbocycles. The van der Waals surface area contributed by atoms with Crippen LogP contribution in [0.1, 0.15) is 34.2 Å². The maximum Gasteiger partial charge on any atom is 0.355 e. The first-order valence-corrected chi connectivity index (χ1v) is 7.21. The summed E-state index contributed by atoms with van der Waals surface area (Å²) in [6.45, 7) is 2.33. The smallest absolute Gasteiger partial charge is 0.355 e. The van der Waals surface area contributed by atoms with Crippen LogP contribution in [0.3, 0.4) is 0 Å². The van der Waals surface area contributed by atoms with Gasteiger partial charge in [0.15, 0.2) is 10.8 Å². The second-order valence-electron chi connectivity index (χ2n) is 4.18. The Hall–Kier alpha value is -2.41. The first-order chi connectivity index (χ1) is 10.1. The van der Waals surface area contributed by atoms with Gasteiger partial charge in [-0.3, -0.25) is 0 Å². The summed E-state index contributed by atoms with van der Waals surface area (Å²) in [7, 11) is 0. The molecule has 110 valence electrons. The standard InChI is InChI=1S/C14H14N2O4S/c1-2-7-20-13(19)9-3-5-10(6-4-9)15-14-16-11(8-21-14)12(17)18/h3-6,8H,2,7H2,1H3,(H,15,16)(H,17,18). The minimum absolute atomic E-state index is 0.00210. The molecule has 1 aromatic heterocycles. The number of carboxylic acids is 1. The number of carboxylic acid groups (broad SMARTS) is 1. The van der Waals surface area contributed by atoms with Gasteiger partial charge in [0.25, 0.3) is 0 Å². The van der Waals surface area contributed by atoms with Crippen molar-refractivity contribution in [3.8, 4) is 0 Å². The van der Waals surface area contributed by atoms with Crippen molar-refractivity contribution in [2.24, 2.45) is 0 Å².